The van der Waals surface area contributed by atoms with Gasteiger partial charge in [-0.2, -0.15) is 4.98 Å². The van der Waals surface area contributed by atoms with Gasteiger partial charge in [-0.05, 0) is 30.4 Å². The standard InChI is InChI=1S/C17H20ClN3O3/c1-11(22)19-16(12-6-8-23-9-7-12)17-20-15(21-24-17)10-13-4-2-3-5-14(13)18/h2-5,12,16H,6-10H2,1H3,(H,19,22)/t16-/m0/s1. The lowest BCUT2D eigenvalue weighted by molar-refractivity contribution is -0.120. The van der Waals surface area contributed by atoms with Crippen molar-refractivity contribution < 1.29 is 14.1 Å². The minimum absolute atomic E-state index is 0.114. The quantitative estimate of drug-likeness (QED) is 0.898. The largest absolute Gasteiger partial charge is 0.381 e. The summed E-state index contributed by atoms with van der Waals surface area (Å²) in [5.74, 6) is 1.12. The van der Waals surface area contributed by atoms with Gasteiger partial charge in [0, 0.05) is 31.6 Å². The zero-order valence-corrected chi connectivity index (χ0v) is 14.3. The van der Waals surface area contributed by atoms with E-state index in [0.717, 1.165) is 18.4 Å². The molecule has 0 unspecified atom stereocenters. The molecule has 0 radical (unpaired) electrons. The molecule has 1 atom stereocenters. The van der Waals surface area contributed by atoms with Crippen LogP contribution in [-0.4, -0.2) is 29.3 Å². The first-order chi connectivity index (χ1) is 11.6. The summed E-state index contributed by atoms with van der Waals surface area (Å²) < 4.78 is 10.8. The van der Waals surface area contributed by atoms with Gasteiger partial charge in [0.1, 0.15) is 6.04 Å². The summed E-state index contributed by atoms with van der Waals surface area (Å²) in [5.41, 5.74) is 0.939. The van der Waals surface area contributed by atoms with E-state index in [9.17, 15) is 4.79 Å². The molecule has 1 aliphatic heterocycles. The zero-order valence-electron chi connectivity index (χ0n) is 13.5. The van der Waals surface area contributed by atoms with Crippen molar-refractivity contribution in [3.8, 4) is 0 Å². The number of amides is 1. The molecule has 1 N–H and O–H groups in total. The van der Waals surface area contributed by atoms with Crippen LogP contribution in [0.4, 0.5) is 0 Å². The Balaban J connectivity index is 1.77. The Kier molecular flexibility index (Phi) is 5.48. The summed E-state index contributed by atoms with van der Waals surface area (Å²) >= 11 is 6.18. The van der Waals surface area contributed by atoms with Gasteiger partial charge in [0.25, 0.3) is 0 Å². The van der Waals surface area contributed by atoms with E-state index in [1.54, 1.807) is 0 Å². The van der Waals surface area contributed by atoms with Crippen LogP contribution in [0.3, 0.4) is 0 Å². The maximum absolute atomic E-state index is 11.6. The van der Waals surface area contributed by atoms with Gasteiger partial charge in [-0.1, -0.05) is 35.0 Å². The van der Waals surface area contributed by atoms with Crippen LogP contribution in [0.25, 0.3) is 0 Å². The fraction of sp³-hybridized carbons (Fsp3) is 0.471. The van der Waals surface area contributed by atoms with Crippen LogP contribution in [0.2, 0.25) is 5.02 Å². The summed E-state index contributed by atoms with van der Waals surface area (Å²) in [4.78, 5) is 16.0. The molecule has 0 aliphatic carbocycles. The lowest BCUT2D eigenvalue weighted by atomic mass is 9.91. The molecule has 24 heavy (non-hydrogen) atoms. The molecule has 2 aromatic rings. The highest BCUT2D eigenvalue weighted by molar-refractivity contribution is 6.31. The highest BCUT2D eigenvalue weighted by Gasteiger charge is 2.30. The number of carbonyl (C=O) groups excluding carboxylic acids is 1. The number of nitrogens with one attached hydrogen (secondary N) is 1. The molecule has 0 saturated carbocycles. The maximum Gasteiger partial charge on any atom is 0.249 e. The number of hydrogen-bond acceptors (Lipinski definition) is 5. The Morgan fingerprint density at radius 3 is 2.83 bits per heavy atom. The number of benzene rings is 1. The highest BCUT2D eigenvalue weighted by atomic mass is 35.5. The van der Waals surface area contributed by atoms with Gasteiger partial charge in [0.15, 0.2) is 5.82 Å². The van der Waals surface area contributed by atoms with Crippen LogP contribution in [0.15, 0.2) is 28.8 Å². The Morgan fingerprint density at radius 1 is 1.38 bits per heavy atom. The Labute approximate surface area is 145 Å². The topological polar surface area (TPSA) is 77.3 Å². The van der Waals surface area contributed by atoms with Gasteiger partial charge in [0.2, 0.25) is 11.8 Å². The van der Waals surface area contributed by atoms with E-state index in [1.165, 1.54) is 6.92 Å². The third kappa shape index (κ3) is 4.13. The second-order valence-corrected chi connectivity index (χ2v) is 6.35. The number of rotatable bonds is 5. The van der Waals surface area contributed by atoms with Gasteiger partial charge < -0.3 is 14.6 Å². The van der Waals surface area contributed by atoms with Crippen molar-refractivity contribution in [3.05, 3.63) is 46.6 Å². The molecular formula is C17H20ClN3O3. The van der Waals surface area contributed by atoms with Gasteiger partial charge in [0.05, 0.1) is 0 Å². The molecule has 6 nitrogen and oxygen atoms in total. The third-order valence-corrected chi connectivity index (χ3v) is 4.52. The van der Waals surface area contributed by atoms with Crippen LogP contribution in [0, 0.1) is 5.92 Å². The van der Waals surface area contributed by atoms with Crippen molar-refractivity contribution >= 4 is 17.5 Å². The predicted octanol–water partition coefficient (Wildman–Crippen LogP) is 2.92. The summed E-state index contributed by atoms with van der Waals surface area (Å²) in [5, 5.41) is 7.66. The van der Waals surface area contributed by atoms with E-state index in [4.69, 9.17) is 20.9 Å². The molecule has 1 aromatic heterocycles. The van der Waals surface area contributed by atoms with Gasteiger partial charge in [-0.25, -0.2) is 0 Å². The van der Waals surface area contributed by atoms with Crippen molar-refractivity contribution in [3.63, 3.8) is 0 Å². The number of nitrogens with zero attached hydrogens (tertiary/aromatic N) is 2. The van der Waals surface area contributed by atoms with Crippen LogP contribution in [0.1, 0.15) is 43.1 Å². The highest BCUT2D eigenvalue weighted by Crippen LogP contribution is 2.29. The fourth-order valence-corrected chi connectivity index (χ4v) is 3.13. The Morgan fingerprint density at radius 2 is 2.12 bits per heavy atom. The van der Waals surface area contributed by atoms with E-state index in [0.29, 0.717) is 36.4 Å². The Bertz CT molecular complexity index is 698. The zero-order chi connectivity index (χ0) is 16.9. The first-order valence-corrected chi connectivity index (χ1v) is 8.42. The monoisotopic (exact) mass is 349 g/mol. The molecule has 1 saturated heterocycles. The first-order valence-electron chi connectivity index (χ1n) is 8.04. The summed E-state index contributed by atoms with van der Waals surface area (Å²) in [6, 6.07) is 7.29. The molecule has 1 aliphatic rings. The van der Waals surface area contributed by atoms with E-state index in [-0.39, 0.29) is 17.9 Å². The lowest BCUT2D eigenvalue weighted by Gasteiger charge is -2.28. The summed E-state index contributed by atoms with van der Waals surface area (Å²) in [7, 11) is 0. The van der Waals surface area contributed by atoms with Crippen LogP contribution in [-0.2, 0) is 16.0 Å². The number of hydrogen-bond donors (Lipinski definition) is 1. The number of ether oxygens (including phenoxy) is 1. The molecule has 0 spiro atoms. The average molecular weight is 350 g/mol. The molecule has 1 fully saturated rings. The van der Waals surface area contributed by atoms with Crippen LogP contribution in [0.5, 0.6) is 0 Å². The second kappa shape index (κ2) is 7.77. The first kappa shape index (κ1) is 16.9. The average Bonchev–Trinajstić information content (AvgIpc) is 3.04. The van der Waals surface area contributed by atoms with Crippen molar-refractivity contribution in [2.45, 2.75) is 32.2 Å². The fourth-order valence-electron chi connectivity index (χ4n) is 2.93. The van der Waals surface area contributed by atoms with E-state index >= 15 is 0 Å². The number of carbonyl (C=O) groups is 1. The van der Waals surface area contributed by atoms with E-state index in [2.05, 4.69) is 15.5 Å². The van der Waals surface area contributed by atoms with Gasteiger partial charge >= 0.3 is 0 Å². The molecule has 1 aromatic carbocycles. The van der Waals surface area contributed by atoms with Gasteiger partial charge in [-0.3, -0.25) is 4.79 Å². The van der Waals surface area contributed by atoms with Crippen molar-refractivity contribution in [2.75, 3.05) is 13.2 Å². The van der Waals surface area contributed by atoms with E-state index < -0.39 is 0 Å². The summed E-state index contributed by atoms with van der Waals surface area (Å²) in [6.45, 7) is 2.86. The number of halogens is 1. The molecule has 2 heterocycles. The maximum atomic E-state index is 11.6. The molecule has 7 heteroatoms. The van der Waals surface area contributed by atoms with Crippen molar-refractivity contribution in [1.82, 2.24) is 15.5 Å². The molecule has 3 rings (SSSR count). The lowest BCUT2D eigenvalue weighted by Crippen LogP contribution is -2.35. The van der Waals surface area contributed by atoms with Crippen LogP contribution < -0.4 is 5.32 Å². The smallest absolute Gasteiger partial charge is 0.249 e. The van der Waals surface area contributed by atoms with Crippen molar-refractivity contribution in [1.29, 1.82) is 0 Å². The minimum atomic E-state index is -0.279. The third-order valence-electron chi connectivity index (χ3n) is 4.15. The molecule has 1 amide bonds. The minimum Gasteiger partial charge on any atom is -0.381 e. The van der Waals surface area contributed by atoms with E-state index in [1.807, 2.05) is 24.3 Å². The van der Waals surface area contributed by atoms with Gasteiger partial charge in [-0.15, -0.1) is 0 Å². The molecular weight excluding hydrogens is 330 g/mol. The van der Waals surface area contributed by atoms with Crippen molar-refractivity contribution in [2.24, 2.45) is 5.92 Å². The predicted molar refractivity (Wildman–Crippen MR) is 88.7 cm³/mol. The SMILES string of the molecule is CC(=O)N[C@H](c1nc(Cc2ccccc2Cl)no1)C1CCOCC1. The normalized spacial score (nSPS) is 16.8. The molecule has 128 valence electrons. The molecule has 0 bridgehead atoms. The Hall–Kier alpha value is -1.92. The second-order valence-electron chi connectivity index (χ2n) is 5.95. The summed E-state index contributed by atoms with van der Waals surface area (Å²) in [6.07, 6.45) is 2.20. The number of aromatic nitrogens is 2. The van der Waals surface area contributed by atoms with Crippen LogP contribution >= 0.6 is 11.6 Å².